The maximum absolute atomic E-state index is 2.46. The Morgan fingerprint density at radius 1 is 0.667 bits per heavy atom. The summed E-state index contributed by atoms with van der Waals surface area (Å²) >= 11 is 0. The molecule has 5 rings (SSSR count). The van der Waals surface area contributed by atoms with E-state index in [1.807, 2.05) is 0 Å². The second-order valence-corrected chi connectivity index (χ2v) is 8.73. The number of benzene rings is 4. The molecule has 0 saturated heterocycles. The lowest BCUT2D eigenvalue weighted by Crippen LogP contribution is -2.07. The molecule has 2 unspecified atom stereocenters. The van der Waals surface area contributed by atoms with Crippen LogP contribution < -0.4 is 0 Å². The number of rotatable bonds is 2. The number of aryl methyl sites for hydroxylation is 1. The van der Waals surface area contributed by atoms with E-state index in [9.17, 15) is 0 Å². The zero-order valence-corrected chi connectivity index (χ0v) is 18.0. The maximum atomic E-state index is 2.46. The highest BCUT2D eigenvalue weighted by atomic mass is 14.3. The minimum Gasteiger partial charge on any atom is -0.0758 e. The normalized spacial score (nSPS) is 18.6. The average molecular weight is 389 g/mol. The molecule has 0 aromatic heterocycles. The lowest BCUT2D eigenvalue weighted by atomic mass is 9.80. The molecule has 4 aromatic carbocycles. The van der Waals surface area contributed by atoms with Gasteiger partial charge in [-0.25, -0.2) is 0 Å². The predicted octanol–water partition coefficient (Wildman–Crippen LogP) is 8.39. The van der Waals surface area contributed by atoms with Crippen LogP contribution >= 0.6 is 0 Å². The lowest BCUT2D eigenvalue weighted by molar-refractivity contribution is 0.500. The predicted molar refractivity (Wildman–Crippen MR) is 130 cm³/mol. The van der Waals surface area contributed by atoms with Crippen molar-refractivity contribution in [2.75, 3.05) is 0 Å². The van der Waals surface area contributed by atoms with E-state index < -0.39 is 0 Å². The Kier molecular flexibility index (Phi) is 4.79. The van der Waals surface area contributed by atoms with Crippen molar-refractivity contribution in [1.29, 1.82) is 0 Å². The molecule has 1 aliphatic rings. The molecule has 0 heterocycles. The Bertz CT molecular complexity index is 1230. The monoisotopic (exact) mass is 388 g/mol. The summed E-state index contributed by atoms with van der Waals surface area (Å²) in [6.45, 7) is 7.08. The van der Waals surface area contributed by atoms with Gasteiger partial charge in [-0.1, -0.05) is 105 Å². The third-order valence-corrected chi connectivity index (χ3v) is 6.89. The Morgan fingerprint density at radius 3 is 2.00 bits per heavy atom. The smallest absolute Gasteiger partial charge is 0.00994 e. The summed E-state index contributed by atoms with van der Waals surface area (Å²) in [5, 5.41) is 2.81. The van der Waals surface area contributed by atoms with Crippen LogP contribution in [0.5, 0.6) is 0 Å². The first-order chi connectivity index (χ1) is 14.6. The Balaban J connectivity index is 1.84. The van der Waals surface area contributed by atoms with Crippen molar-refractivity contribution in [3.05, 3.63) is 113 Å². The zero-order valence-electron chi connectivity index (χ0n) is 18.0. The third kappa shape index (κ3) is 3.08. The van der Waals surface area contributed by atoms with E-state index in [-0.39, 0.29) is 0 Å². The van der Waals surface area contributed by atoms with Crippen LogP contribution in [0, 0.1) is 12.8 Å². The molecule has 148 valence electrons. The second kappa shape index (κ2) is 7.61. The Morgan fingerprint density at radius 2 is 1.30 bits per heavy atom. The highest BCUT2D eigenvalue weighted by Gasteiger charge is 2.26. The van der Waals surface area contributed by atoms with Gasteiger partial charge in [0.15, 0.2) is 0 Å². The van der Waals surface area contributed by atoms with Crippen LogP contribution in [-0.2, 0) is 0 Å². The SMILES string of the molecule is Cc1ccc(-c2ccccc2)c2ccc3c(c12)C(C)C(C)CC=C3c1ccccc1. The van der Waals surface area contributed by atoms with Crippen molar-refractivity contribution in [3.8, 4) is 11.1 Å². The molecule has 0 radical (unpaired) electrons. The summed E-state index contributed by atoms with van der Waals surface area (Å²) in [7, 11) is 0. The van der Waals surface area contributed by atoms with Gasteiger partial charge in [0.1, 0.15) is 0 Å². The van der Waals surface area contributed by atoms with Gasteiger partial charge in [0.25, 0.3) is 0 Å². The van der Waals surface area contributed by atoms with Gasteiger partial charge in [-0.05, 0) is 74.9 Å². The Labute approximate surface area is 179 Å². The van der Waals surface area contributed by atoms with Gasteiger partial charge in [-0.3, -0.25) is 0 Å². The number of fused-ring (bicyclic) bond motifs is 3. The van der Waals surface area contributed by atoms with E-state index in [0.717, 1.165) is 6.42 Å². The third-order valence-electron chi connectivity index (χ3n) is 6.89. The van der Waals surface area contributed by atoms with E-state index in [4.69, 9.17) is 0 Å². The first-order valence-corrected chi connectivity index (χ1v) is 11.0. The molecule has 0 heteroatoms. The summed E-state index contributed by atoms with van der Waals surface area (Å²) in [6.07, 6.45) is 3.57. The lowest BCUT2D eigenvalue weighted by Gasteiger charge is -2.24. The van der Waals surface area contributed by atoms with E-state index >= 15 is 0 Å². The number of hydrogen-bond acceptors (Lipinski definition) is 0. The zero-order chi connectivity index (χ0) is 20.7. The molecule has 30 heavy (non-hydrogen) atoms. The van der Waals surface area contributed by atoms with Crippen LogP contribution in [0.15, 0.2) is 91.0 Å². The number of allylic oxidation sites excluding steroid dienone is 1. The van der Waals surface area contributed by atoms with Gasteiger partial charge in [-0.15, -0.1) is 0 Å². The van der Waals surface area contributed by atoms with Crippen LogP contribution in [0.2, 0.25) is 0 Å². The molecule has 0 amide bonds. The van der Waals surface area contributed by atoms with Crippen molar-refractivity contribution >= 4 is 16.3 Å². The fraction of sp³-hybridized carbons (Fsp3) is 0.200. The average Bonchev–Trinajstić information content (AvgIpc) is 2.92. The van der Waals surface area contributed by atoms with E-state index in [1.165, 1.54) is 49.7 Å². The minimum atomic E-state index is 0.505. The van der Waals surface area contributed by atoms with Gasteiger partial charge >= 0.3 is 0 Å². The van der Waals surface area contributed by atoms with Gasteiger partial charge in [0, 0.05) is 0 Å². The molecule has 0 N–H and O–H groups in total. The first-order valence-electron chi connectivity index (χ1n) is 11.0. The molecule has 0 aliphatic heterocycles. The molecule has 4 aromatic rings. The molecular formula is C30H28. The van der Waals surface area contributed by atoms with Crippen molar-refractivity contribution in [2.45, 2.75) is 33.1 Å². The molecule has 0 spiro atoms. The maximum Gasteiger partial charge on any atom is -0.00994 e. The highest BCUT2D eigenvalue weighted by molar-refractivity contribution is 6.03. The van der Waals surface area contributed by atoms with Gasteiger partial charge in [0.05, 0.1) is 0 Å². The summed E-state index contributed by atoms with van der Waals surface area (Å²) in [6, 6.07) is 31.0. The van der Waals surface area contributed by atoms with Gasteiger partial charge < -0.3 is 0 Å². The van der Waals surface area contributed by atoms with Crippen molar-refractivity contribution in [3.63, 3.8) is 0 Å². The summed E-state index contributed by atoms with van der Waals surface area (Å²) < 4.78 is 0. The second-order valence-electron chi connectivity index (χ2n) is 8.73. The quantitative estimate of drug-likeness (QED) is 0.323. The summed E-state index contributed by atoms with van der Waals surface area (Å²) in [5.74, 6) is 1.11. The van der Waals surface area contributed by atoms with E-state index in [0.29, 0.717) is 11.8 Å². The van der Waals surface area contributed by atoms with Crippen LogP contribution in [0.25, 0.3) is 27.5 Å². The first kappa shape index (κ1) is 18.9. The van der Waals surface area contributed by atoms with Crippen LogP contribution in [0.3, 0.4) is 0 Å². The largest absolute Gasteiger partial charge is 0.0758 e. The van der Waals surface area contributed by atoms with Crippen molar-refractivity contribution < 1.29 is 0 Å². The van der Waals surface area contributed by atoms with E-state index in [2.05, 4.69) is 112 Å². The summed E-state index contributed by atoms with van der Waals surface area (Å²) in [4.78, 5) is 0. The van der Waals surface area contributed by atoms with E-state index in [1.54, 1.807) is 0 Å². The van der Waals surface area contributed by atoms with Crippen LogP contribution in [0.1, 0.15) is 48.4 Å². The minimum absolute atomic E-state index is 0.505. The summed E-state index contributed by atoms with van der Waals surface area (Å²) in [5.41, 5.74) is 9.60. The molecule has 2 atom stereocenters. The van der Waals surface area contributed by atoms with Gasteiger partial charge in [0.2, 0.25) is 0 Å². The van der Waals surface area contributed by atoms with Crippen LogP contribution in [-0.4, -0.2) is 0 Å². The molecule has 0 fully saturated rings. The molecule has 0 nitrogen and oxygen atoms in total. The standard InChI is InChI=1S/C30H28/c1-20-14-16-26(24-12-8-5-9-13-24)28-19-18-27-25(23-10-6-4-7-11-23)17-15-21(2)29(27)30(28)22(20)3/h4-13,15-20,22H,14H2,1-3H3. The fourth-order valence-corrected chi connectivity index (χ4v) is 5.02. The molecular weight excluding hydrogens is 360 g/mol. The fourth-order valence-electron chi connectivity index (χ4n) is 5.02. The Hall–Kier alpha value is -3.12. The van der Waals surface area contributed by atoms with Crippen molar-refractivity contribution in [2.24, 2.45) is 5.92 Å². The topological polar surface area (TPSA) is 0 Å². The molecule has 0 bridgehead atoms. The van der Waals surface area contributed by atoms with Crippen molar-refractivity contribution in [1.82, 2.24) is 0 Å². The number of hydrogen-bond donors (Lipinski definition) is 0. The van der Waals surface area contributed by atoms with Crippen LogP contribution in [0.4, 0.5) is 0 Å². The highest BCUT2D eigenvalue weighted by Crippen LogP contribution is 2.45. The molecule has 0 saturated carbocycles. The van der Waals surface area contributed by atoms with Gasteiger partial charge in [-0.2, -0.15) is 0 Å². The molecule has 1 aliphatic carbocycles.